The minimum atomic E-state index is 0.194. The summed E-state index contributed by atoms with van der Waals surface area (Å²) in [6.45, 7) is 8.72. The molecule has 2 N–H and O–H groups in total. The van der Waals surface area contributed by atoms with Gasteiger partial charge in [0.15, 0.2) is 0 Å². The summed E-state index contributed by atoms with van der Waals surface area (Å²) in [5.41, 5.74) is 5.42. The summed E-state index contributed by atoms with van der Waals surface area (Å²) in [6, 6.07) is 0. The highest BCUT2D eigenvalue weighted by Crippen LogP contribution is 2.15. The summed E-state index contributed by atoms with van der Waals surface area (Å²) in [4.78, 5) is 13.8. The molecule has 0 aromatic carbocycles. The summed E-state index contributed by atoms with van der Waals surface area (Å²) < 4.78 is 0. The van der Waals surface area contributed by atoms with Crippen LogP contribution < -0.4 is 5.73 Å². The van der Waals surface area contributed by atoms with Gasteiger partial charge in [0.2, 0.25) is 5.91 Å². The number of carbonyl (C=O) groups excluding carboxylic acids is 1. The van der Waals surface area contributed by atoms with Crippen molar-refractivity contribution in [2.24, 2.45) is 11.7 Å². The molecule has 1 aliphatic rings. The van der Waals surface area contributed by atoms with Crippen molar-refractivity contribution >= 4 is 5.91 Å². The van der Waals surface area contributed by atoms with Gasteiger partial charge in [-0.25, -0.2) is 0 Å². The van der Waals surface area contributed by atoms with E-state index in [-0.39, 0.29) is 5.92 Å². The van der Waals surface area contributed by atoms with Gasteiger partial charge in [0.25, 0.3) is 0 Å². The highest BCUT2D eigenvalue weighted by Gasteiger charge is 2.22. The molecule has 1 atom stereocenters. The number of carbonyl (C=O) groups is 1. The van der Waals surface area contributed by atoms with Crippen LogP contribution in [0.3, 0.4) is 0 Å². The molecule has 1 saturated heterocycles. The monoisotopic (exact) mass is 228 g/mol. The first-order chi connectivity index (χ1) is 7.75. The Balaban J connectivity index is 0.00000106. The number of nitrogens with two attached hydrogens (primary N) is 1. The van der Waals surface area contributed by atoms with Crippen LogP contribution in [0.15, 0.2) is 0 Å². The number of likely N-dealkylation sites (tertiary alicyclic amines) is 1. The van der Waals surface area contributed by atoms with Crippen LogP contribution in [0.25, 0.3) is 0 Å². The van der Waals surface area contributed by atoms with E-state index in [0.29, 0.717) is 5.91 Å². The lowest BCUT2D eigenvalue weighted by Gasteiger charge is -2.20. The smallest absolute Gasteiger partial charge is 0.225 e. The standard InChI is InChI=1S/C11H22N2O.C2H6/c1-10(6-2-3-7-12)11(14)13-8-4-5-9-13;1-2/h10H,2-9,12H2,1H3;1-2H3/t10-;/m0./s1. The molecule has 0 radical (unpaired) electrons. The molecule has 1 aliphatic heterocycles. The molecule has 96 valence electrons. The lowest BCUT2D eigenvalue weighted by Crippen LogP contribution is -2.32. The molecule has 1 heterocycles. The predicted octanol–water partition coefficient (Wildman–Crippen LogP) is 2.40. The second kappa shape index (κ2) is 9.64. The van der Waals surface area contributed by atoms with Gasteiger partial charge < -0.3 is 10.6 Å². The maximum absolute atomic E-state index is 11.8. The molecule has 0 unspecified atom stereocenters. The van der Waals surface area contributed by atoms with E-state index in [2.05, 4.69) is 0 Å². The second-order valence-electron chi connectivity index (χ2n) is 4.22. The van der Waals surface area contributed by atoms with Crippen LogP contribution in [0.4, 0.5) is 0 Å². The third kappa shape index (κ3) is 5.50. The van der Waals surface area contributed by atoms with Gasteiger partial charge in [-0.3, -0.25) is 4.79 Å². The maximum atomic E-state index is 11.8. The number of rotatable bonds is 5. The van der Waals surface area contributed by atoms with Gasteiger partial charge in [0.05, 0.1) is 0 Å². The first-order valence-corrected chi connectivity index (χ1v) is 6.74. The molecule has 0 aromatic heterocycles. The zero-order chi connectivity index (χ0) is 12.4. The Kier molecular flexibility index (Phi) is 9.30. The van der Waals surface area contributed by atoms with E-state index in [4.69, 9.17) is 5.73 Å². The van der Waals surface area contributed by atoms with Crippen molar-refractivity contribution in [2.45, 2.75) is 52.9 Å². The number of hydrogen-bond acceptors (Lipinski definition) is 2. The molecule has 16 heavy (non-hydrogen) atoms. The van der Waals surface area contributed by atoms with E-state index >= 15 is 0 Å². The SMILES string of the molecule is CC.C[C@@H](CCCCN)C(=O)N1CCCC1. The summed E-state index contributed by atoms with van der Waals surface area (Å²) in [7, 11) is 0. The van der Waals surface area contributed by atoms with Gasteiger partial charge in [-0.05, 0) is 32.2 Å². The lowest BCUT2D eigenvalue weighted by atomic mass is 10.0. The first-order valence-electron chi connectivity index (χ1n) is 6.74. The number of unbranched alkanes of at least 4 members (excludes halogenated alkanes) is 1. The Morgan fingerprint density at radius 2 is 1.81 bits per heavy atom. The minimum Gasteiger partial charge on any atom is -0.342 e. The van der Waals surface area contributed by atoms with E-state index < -0.39 is 0 Å². The van der Waals surface area contributed by atoms with Crippen molar-refractivity contribution < 1.29 is 4.79 Å². The van der Waals surface area contributed by atoms with Gasteiger partial charge >= 0.3 is 0 Å². The maximum Gasteiger partial charge on any atom is 0.225 e. The average Bonchev–Trinajstić information content (AvgIpc) is 2.84. The molecule has 3 nitrogen and oxygen atoms in total. The summed E-state index contributed by atoms with van der Waals surface area (Å²) in [5, 5.41) is 0. The molecule has 0 bridgehead atoms. The number of hydrogen-bond donors (Lipinski definition) is 1. The Morgan fingerprint density at radius 3 is 2.31 bits per heavy atom. The largest absolute Gasteiger partial charge is 0.342 e. The Morgan fingerprint density at radius 1 is 1.25 bits per heavy atom. The van der Waals surface area contributed by atoms with Crippen LogP contribution in [0.5, 0.6) is 0 Å². The van der Waals surface area contributed by atoms with Crippen LogP contribution in [0.2, 0.25) is 0 Å². The first kappa shape index (κ1) is 15.4. The van der Waals surface area contributed by atoms with E-state index in [9.17, 15) is 4.79 Å². The highest BCUT2D eigenvalue weighted by molar-refractivity contribution is 5.78. The molecule has 0 spiro atoms. The highest BCUT2D eigenvalue weighted by atomic mass is 16.2. The normalized spacial score (nSPS) is 16.6. The second-order valence-corrected chi connectivity index (χ2v) is 4.22. The van der Waals surface area contributed by atoms with Crippen molar-refractivity contribution in [3.8, 4) is 0 Å². The van der Waals surface area contributed by atoms with Gasteiger partial charge in [0.1, 0.15) is 0 Å². The molecule has 0 aromatic rings. The topological polar surface area (TPSA) is 46.3 Å². The third-order valence-corrected chi connectivity index (χ3v) is 2.93. The number of nitrogens with zero attached hydrogens (tertiary/aromatic N) is 1. The fourth-order valence-electron chi connectivity index (χ4n) is 1.97. The zero-order valence-corrected chi connectivity index (χ0v) is 11.2. The van der Waals surface area contributed by atoms with Gasteiger partial charge in [-0.1, -0.05) is 27.2 Å². The van der Waals surface area contributed by atoms with Gasteiger partial charge in [0, 0.05) is 19.0 Å². The number of amides is 1. The molecule has 3 heteroatoms. The quantitative estimate of drug-likeness (QED) is 0.734. The average molecular weight is 228 g/mol. The predicted molar refractivity (Wildman–Crippen MR) is 69.2 cm³/mol. The van der Waals surface area contributed by atoms with Crippen LogP contribution in [-0.4, -0.2) is 30.4 Å². The van der Waals surface area contributed by atoms with Crippen molar-refractivity contribution in [3.63, 3.8) is 0 Å². The third-order valence-electron chi connectivity index (χ3n) is 2.93. The molecule has 1 fully saturated rings. The lowest BCUT2D eigenvalue weighted by molar-refractivity contribution is -0.134. The minimum absolute atomic E-state index is 0.194. The Hall–Kier alpha value is -0.570. The van der Waals surface area contributed by atoms with E-state index in [1.807, 2.05) is 25.7 Å². The van der Waals surface area contributed by atoms with Gasteiger partial charge in [-0.15, -0.1) is 0 Å². The summed E-state index contributed by atoms with van der Waals surface area (Å²) >= 11 is 0. The van der Waals surface area contributed by atoms with Crippen LogP contribution in [0, 0.1) is 5.92 Å². The fourth-order valence-corrected chi connectivity index (χ4v) is 1.97. The van der Waals surface area contributed by atoms with Crippen molar-refractivity contribution in [3.05, 3.63) is 0 Å². The van der Waals surface area contributed by atoms with E-state index in [0.717, 1.165) is 38.9 Å². The summed E-state index contributed by atoms with van der Waals surface area (Å²) in [5.74, 6) is 0.541. The van der Waals surface area contributed by atoms with Gasteiger partial charge in [-0.2, -0.15) is 0 Å². The molecule has 0 aliphatic carbocycles. The molecular formula is C13H28N2O. The Labute approximate surface area is 100 Å². The molecule has 0 saturated carbocycles. The molecule has 1 amide bonds. The van der Waals surface area contributed by atoms with Crippen molar-refractivity contribution in [1.82, 2.24) is 4.90 Å². The van der Waals surface area contributed by atoms with Crippen LogP contribution in [-0.2, 0) is 4.79 Å². The van der Waals surface area contributed by atoms with Crippen LogP contribution in [0.1, 0.15) is 52.9 Å². The van der Waals surface area contributed by atoms with Crippen LogP contribution >= 0.6 is 0 Å². The summed E-state index contributed by atoms with van der Waals surface area (Å²) in [6.07, 6.45) is 5.48. The van der Waals surface area contributed by atoms with Crippen molar-refractivity contribution in [2.75, 3.05) is 19.6 Å². The molecular weight excluding hydrogens is 200 g/mol. The van der Waals surface area contributed by atoms with E-state index in [1.165, 1.54) is 12.8 Å². The molecule has 1 rings (SSSR count). The van der Waals surface area contributed by atoms with E-state index in [1.54, 1.807) is 0 Å². The van der Waals surface area contributed by atoms with Crippen molar-refractivity contribution in [1.29, 1.82) is 0 Å². The fraction of sp³-hybridized carbons (Fsp3) is 0.923. The Bertz CT molecular complexity index is 177. The zero-order valence-electron chi connectivity index (χ0n) is 11.2.